The number of piperazine rings is 1. The number of ether oxygens (including phenoxy) is 1. The largest absolute Gasteiger partial charge is 0.450 e. The van der Waals surface area contributed by atoms with E-state index in [-0.39, 0.29) is 37.6 Å². The fourth-order valence-electron chi connectivity index (χ4n) is 2.61. The Bertz CT molecular complexity index is 527. The third-order valence-corrected chi connectivity index (χ3v) is 3.97. The van der Waals surface area contributed by atoms with E-state index in [1.165, 1.54) is 4.90 Å². The minimum atomic E-state index is -0.694. The normalized spacial score (nSPS) is 15.7. The van der Waals surface area contributed by atoms with Crippen LogP contribution in [0.1, 0.15) is 34.6 Å². The zero-order valence-electron chi connectivity index (χ0n) is 16.2. The summed E-state index contributed by atoms with van der Waals surface area (Å²) in [6.45, 7) is 10.3. The quantitative estimate of drug-likeness (QED) is 0.660. The molecule has 1 unspecified atom stereocenters. The second-order valence-electron chi connectivity index (χ2n) is 6.83. The maximum absolute atomic E-state index is 12.7. The Morgan fingerprint density at radius 3 is 1.92 bits per heavy atom. The molecule has 1 atom stereocenters. The summed E-state index contributed by atoms with van der Waals surface area (Å²) in [7, 11) is 0. The lowest BCUT2D eigenvalue weighted by atomic mass is 10.0. The molecule has 4 amide bonds. The Morgan fingerprint density at radius 2 is 1.46 bits per heavy atom. The lowest BCUT2D eigenvalue weighted by Gasteiger charge is -2.37. The van der Waals surface area contributed by atoms with Crippen molar-refractivity contribution in [2.24, 2.45) is 5.92 Å². The minimum absolute atomic E-state index is 0.108. The summed E-state index contributed by atoms with van der Waals surface area (Å²) in [6, 6.07) is -0.810. The first-order chi connectivity index (χ1) is 12.2. The van der Waals surface area contributed by atoms with Gasteiger partial charge in [0.25, 0.3) is 0 Å². The van der Waals surface area contributed by atoms with Crippen LogP contribution in [0.15, 0.2) is 0 Å². The van der Waals surface area contributed by atoms with E-state index in [0.717, 1.165) is 0 Å². The SMILES string of the molecule is CCOC(=O)NC(C(=O)N1CCN(C(=O)C(=O)NC(C)C)CC1)C(C)C. The van der Waals surface area contributed by atoms with Gasteiger partial charge >= 0.3 is 17.9 Å². The second kappa shape index (κ2) is 9.98. The van der Waals surface area contributed by atoms with Crippen LogP contribution in [0.3, 0.4) is 0 Å². The maximum Gasteiger partial charge on any atom is 0.407 e. The minimum Gasteiger partial charge on any atom is -0.450 e. The van der Waals surface area contributed by atoms with Crippen molar-refractivity contribution < 1.29 is 23.9 Å². The first-order valence-electron chi connectivity index (χ1n) is 8.99. The summed E-state index contributed by atoms with van der Waals surface area (Å²) in [5.41, 5.74) is 0. The topological polar surface area (TPSA) is 108 Å². The maximum atomic E-state index is 12.7. The van der Waals surface area contributed by atoms with Gasteiger partial charge < -0.3 is 25.2 Å². The van der Waals surface area contributed by atoms with Gasteiger partial charge in [0.1, 0.15) is 6.04 Å². The molecule has 1 fully saturated rings. The van der Waals surface area contributed by atoms with Crippen LogP contribution in [0.2, 0.25) is 0 Å². The van der Waals surface area contributed by atoms with Gasteiger partial charge in [-0.1, -0.05) is 13.8 Å². The molecule has 1 aliphatic heterocycles. The molecule has 1 aliphatic rings. The van der Waals surface area contributed by atoms with Crippen molar-refractivity contribution in [3.63, 3.8) is 0 Å². The van der Waals surface area contributed by atoms with E-state index in [2.05, 4.69) is 10.6 Å². The van der Waals surface area contributed by atoms with Gasteiger partial charge in [0.15, 0.2) is 0 Å². The monoisotopic (exact) mass is 370 g/mol. The van der Waals surface area contributed by atoms with Crippen LogP contribution in [-0.2, 0) is 19.1 Å². The van der Waals surface area contributed by atoms with E-state index in [4.69, 9.17) is 4.74 Å². The van der Waals surface area contributed by atoms with Crippen LogP contribution in [0.5, 0.6) is 0 Å². The average molecular weight is 370 g/mol. The van der Waals surface area contributed by atoms with E-state index < -0.39 is 23.9 Å². The van der Waals surface area contributed by atoms with E-state index in [0.29, 0.717) is 13.1 Å². The van der Waals surface area contributed by atoms with Gasteiger partial charge in [-0.25, -0.2) is 4.79 Å². The second-order valence-corrected chi connectivity index (χ2v) is 6.83. The number of alkyl carbamates (subject to hydrolysis) is 1. The molecule has 26 heavy (non-hydrogen) atoms. The number of carbonyl (C=O) groups is 4. The van der Waals surface area contributed by atoms with Crippen LogP contribution in [-0.4, -0.2) is 78.5 Å². The average Bonchev–Trinajstić information content (AvgIpc) is 2.58. The Morgan fingerprint density at radius 1 is 0.923 bits per heavy atom. The predicted molar refractivity (Wildman–Crippen MR) is 95.2 cm³/mol. The Kier molecular flexibility index (Phi) is 8.34. The molecule has 0 aromatic rings. The lowest BCUT2D eigenvalue weighted by molar-refractivity contribution is -0.149. The molecule has 0 spiro atoms. The summed E-state index contributed by atoms with van der Waals surface area (Å²) >= 11 is 0. The summed E-state index contributed by atoms with van der Waals surface area (Å²) in [4.78, 5) is 51.3. The number of rotatable bonds is 5. The van der Waals surface area contributed by atoms with Crippen molar-refractivity contribution >= 4 is 23.8 Å². The molecule has 0 bridgehead atoms. The van der Waals surface area contributed by atoms with Crippen molar-refractivity contribution in [1.82, 2.24) is 20.4 Å². The molecular weight excluding hydrogens is 340 g/mol. The van der Waals surface area contributed by atoms with Crippen LogP contribution >= 0.6 is 0 Å². The third-order valence-electron chi connectivity index (χ3n) is 3.97. The molecule has 9 heteroatoms. The van der Waals surface area contributed by atoms with Crippen LogP contribution in [0.25, 0.3) is 0 Å². The molecule has 2 N–H and O–H groups in total. The molecule has 0 saturated carbocycles. The Hall–Kier alpha value is -2.32. The van der Waals surface area contributed by atoms with E-state index in [1.54, 1.807) is 25.7 Å². The van der Waals surface area contributed by atoms with Crippen molar-refractivity contribution in [3.05, 3.63) is 0 Å². The summed E-state index contributed by atoms with van der Waals surface area (Å²) in [5.74, 6) is -1.55. The van der Waals surface area contributed by atoms with Gasteiger partial charge in [0, 0.05) is 32.2 Å². The molecule has 1 saturated heterocycles. The van der Waals surface area contributed by atoms with Crippen LogP contribution in [0, 0.1) is 5.92 Å². The highest BCUT2D eigenvalue weighted by Gasteiger charge is 2.33. The van der Waals surface area contributed by atoms with Crippen molar-refractivity contribution in [3.8, 4) is 0 Å². The third kappa shape index (κ3) is 6.20. The molecule has 0 radical (unpaired) electrons. The fraction of sp³-hybridized carbons (Fsp3) is 0.765. The first-order valence-corrected chi connectivity index (χ1v) is 8.99. The van der Waals surface area contributed by atoms with Gasteiger partial charge in [0.2, 0.25) is 5.91 Å². The van der Waals surface area contributed by atoms with E-state index in [9.17, 15) is 19.2 Å². The molecular formula is C17H30N4O5. The first kappa shape index (κ1) is 21.7. The number of hydrogen-bond acceptors (Lipinski definition) is 5. The highest BCUT2D eigenvalue weighted by Crippen LogP contribution is 2.10. The van der Waals surface area contributed by atoms with Gasteiger partial charge in [-0.05, 0) is 26.7 Å². The standard InChI is InChI=1S/C17H30N4O5/c1-6-26-17(25)19-13(11(2)3)15(23)20-7-9-21(10-8-20)16(24)14(22)18-12(4)5/h11-13H,6-10H2,1-5H3,(H,18,22)(H,19,25). The number of nitrogens with one attached hydrogen (secondary N) is 2. The highest BCUT2D eigenvalue weighted by atomic mass is 16.5. The van der Waals surface area contributed by atoms with E-state index in [1.807, 2.05) is 13.8 Å². The highest BCUT2D eigenvalue weighted by molar-refractivity contribution is 6.35. The van der Waals surface area contributed by atoms with Gasteiger partial charge in [-0.3, -0.25) is 14.4 Å². The van der Waals surface area contributed by atoms with E-state index >= 15 is 0 Å². The molecule has 0 aromatic carbocycles. The Balaban J connectivity index is 2.62. The molecule has 9 nitrogen and oxygen atoms in total. The van der Waals surface area contributed by atoms with Crippen molar-refractivity contribution in [1.29, 1.82) is 0 Å². The van der Waals surface area contributed by atoms with Crippen LogP contribution < -0.4 is 10.6 Å². The molecule has 0 aromatic heterocycles. The summed E-state index contributed by atoms with van der Waals surface area (Å²) in [6.07, 6.45) is -0.626. The number of amides is 4. The van der Waals surface area contributed by atoms with Crippen molar-refractivity contribution in [2.75, 3.05) is 32.8 Å². The zero-order chi connectivity index (χ0) is 19.9. The number of nitrogens with zero attached hydrogens (tertiary/aromatic N) is 2. The lowest BCUT2D eigenvalue weighted by Crippen LogP contribution is -2.58. The molecule has 1 heterocycles. The predicted octanol–water partition coefficient (Wildman–Crippen LogP) is -0.0475. The molecule has 0 aliphatic carbocycles. The zero-order valence-corrected chi connectivity index (χ0v) is 16.2. The van der Waals surface area contributed by atoms with Gasteiger partial charge in [-0.15, -0.1) is 0 Å². The molecule has 148 valence electrons. The smallest absolute Gasteiger partial charge is 0.407 e. The fourth-order valence-corrected chi connectivity index (χ4v) is 2.61. The summed E-state index contributed by atoms with van der Waals surface area (Å²) < 4.78 is 4.85. The van der Waals surface area contributed by atoms with Crippen LogP contribution in [0.4, 0.5) is 4.79 Å². The number of hydrogen-bond donors (Lipinski definition) is 2. The van der Waals surface area contributed by atoms with Crippen molar-refractivity contribution in [2.45, 2.75) is 46.7 Å². The molecule has 1 rings (SSSR count). The van der Waals surface area contributed by atoms with Gasteiger partial charge in [0.05, 0.1) is 6.61 Å². The Labute approximate surface area is 154 Å². The number of carbonyl (C=O) groups excluding carboxylic acids is 4. The van der Waals surface area contributed by atoms with Gasteiger partial charge in [-0.2, -0.15) is 0 Å². The summed E-state index contributed by atoms with van der Waals surface area (Å²) in [5, 5.41) is 5.16.